The van der Waals surface area contributed by atoms with Crippen molar-refractivity contribution in [2.75, 3.05) is 19.5 Å². The molecule has 27 heavy (non-hydrogen) atoms. The fourth-order valence-electron chi connectivity index (χ4n) is 2.60. The fourth-order valence-corrected chi connectivity index (χ4v) is 2.60. The summed E-state index contributed by atoms with van der Waals surface area (Å²) >= 11 is 0. The Bertz CT molecular complexity index is 1100. The van der Waals surface area contributed by atoms with Crippen LogP contribution in [0.2, 0.25) is 0 Å². The zero-order chi connectivity index (χ0) is 19.6. The number of benzene rings is 2. The fraction of sp³-hybridized carbons (Fsp3) is 0.105. The van der Waals surface area contributed by atoms with Crippen molar-refractivity contribution in [2.24, 2.45) is 5.73 Å². The third-order valence-corrected chi connectivity index (χ3v) is 3.92. The van der Waals surface area contributed by atoms with Crippen molar-refractivity contribution < 1.29 is 23.5 Å². The molecule has 0 unspecified atom stereocenters. The lowest BCUT2D eigenvalue weighted by Crippen LogP contribution is -2.23. The van der Waals surface area contributed by atoms with Crippen LogP contribution < -0.4 is 26.1 Å². The number of anilines is 1. The monoisotopic (exact) mass is 368 g/mol. The molecule has 3 N–H and O–H groups in total. The van der Waals surface area contributed by atoms with Crippen LogP contribution in [-0.4, -0.2) is 26.0 Å². The molecule has 138 valence electrons. The van der Waals surface area contributed by atoms with E-state index in [0.29, 0.717) is 16.9 Å². The summed E-state index contributed by atoms with van der Waals surface area (Å²) in [5, 5.41) is 2.98. The van der Waals surface area contributed by atoms with Gasteiger partial charge in [-0.2, -0.15) is 0 Å². The van der Waals surface area contributed by atoms with Gasteiger partial charge in [-0.15, -0.1) is 0 Å². The number of amides is 2. The first-order chi connectivity index (χ1) is 12.9. The molecule has 0 aliphatic heterocycles. The van der Waals surface area contributed by atoms with E-state index >= 15 is 0 Å². The Morgan fingerprint density at radius 3 is 2.33 bits per heavy atom. The van der Waals surface area contributed by atoms with E-state index in [0.717, 1.165) is 0 Å². The van der Waals surface area contributed by atoms with Crippen LogP contribution >= 0.6 is 0 Å². The summed E-state index contributed by atoms with van der Waals surface area (Å²) in [7, 11) is 2.93. The van der Waals surface area contributed by atoms with Crippen LogP contribution in [0.25, 0.3) is 11.0 Å². The Kier molecular flexibility index (Phi) is 4.80. The third kappa shape index (κ3) is 3.45. The van der Waals surface area contributed by atoms with Gasteiger partial charge in [-0.1, -0.05) is 12.1 Å². The molecule has 2 amide bonds. The van der Waals surface area contributed by atoms with Crippen LogP contribution in [0, 0.1) is 0 Å². The number of ether oxygens (including phenoxy) is 2. The first-order valence-corrected chi connectivity index (χ1v) is 7.84. The van der Waals surface area contributed by atoms with Gasteiger partial charge in [0, 0.05) is 11.5 Å². The number of carbonyl (C=O) groups excluding carboxylic acids is 2. The van der Waals surface area contributed by atoms with E-state index in [-0.39, 0.29) is 22.4 Å². The number of nitrogens with two attached hydrogens (primary N) is 1. The Labute approximate surface area is 153 Å². The van der Waals surface area contributed by atoms with Crippen LogP contribution in [0.5, 0.6) is 11.5 Å². The highest BCUT2D eigenvalue weighted by Crippen LogP contribution is 2.31. The van der Waals surface area contributed by atoms with E-state index in [1.54, 1.807) is 18.2 Å². The number of methoxy groups -OCH3 is 2. The highest BCUT2D eigenvalue weighted by atomic mass is 16.5. The molecule has 0 aliphatic rings. The van der Waals surface area contributed by atoms with Crippen molar-refractivity contribution in [3.8, 4) is 11.5 Å². The van der Waals surface area contributed by atoms with Gasteiger partial charge in [0.25, 0.3) is 11.8 Å². The summed E-state index contributed by atoms with van der Waals surface area (Å²) in [5.41, 5.74) is 4.80. The maximum absolute atomic E-state index is 12.6. The van der Waals surface area contributed by atoms with Gasteiger partial charge < -0.3 is 24.9 Å². The van der Waals surface area contributed by atoms with Crippen LogP contribution in [0.15, 0.2) is 51.7 Å². The molecule has 8 heteroatoms. The number of nitrogens with one attached hydrogen (secondary N) is 1. The summed E-state index contributed by atoms with van der Waals surface area (Å²) in [6, 6.07) is 10.7. The summed E-state index contributed by atoms with van der Waals surface area (Å²) < 4.78 is 15.6. The van der Waals surface area contributed by atoms with Gasteiger partial charge >= 0.3 is 5.63 Å². The number of primary amides is 1. The summed E-state index contributed by atoms with van der Waals surface area (Å²) in [5.74, 6) is -0.618. The number of hydrogen-bond donors (Lipinski definition) is 2. The second-order valence-electron chi connectivity index (χ2n) is 5.56. The average Bonchev–Trinajstić information content (AvgIpc) is 2.66. The highest BCUT2D eigenvalue weighted by molar-refractivity contribution is 6.09. The van der Waals surface area contributed by atoms with E-state index in [9.17, 15) is 14.4 Å². The van der Waals surface area contributed by atoms with Crippen molar-refractivity contribution >= 4 is 28.5 Å². The molecule has 0 saturated carbocycles. The van der Waals surface area contributed by atoms with Gasteiger partial charge in [-0.05, 0) is 24.3 Å². The topological polar surface area (TPSA) is 121 Å². The Hall–Kier alpha value is -3.81. The summed E-state index contributed by atoms with van der Waals surface area (Å²) in [6.45, 7) is 0. The van der Waals surface area contributed by atoms with E-state index in [2.05, 4.69) is 5.32 Å². The number of hydrogen-bond acceptors (Lipinski definition) is 6. The van der Waals surface area contributed by atoms with Gasteiger partial charge in [0.15, 0.2) is 11.5 Å². The summed E-state index contributed by atoms with van der Waals surface area (Å²) in [4.78, 5) is 36.3. The smallest absolute Gasteiger partial charge is 0.349 e. The lowest BCUT2D eigenvalue weighted by molar-refractivity contribution is 0.100. The number of rotatable bonds is 5. The van der Waals surface area contributed by atoms with Crippen LogP contribution in [0.1, 0.15) is 20.7 Å². The zero-order valence-corrected chi connectivity index (χ0v) is 14.6. The molecule has 0 fully saturated rings. The molecule has 3 rings (SSSR count). The second kappa shape index (κ2) is 7.20. The molecular weight excluding hydrogens is 352 g/mol. The van der Waals surface area contributed by atoms with E-state index < -0.39 is 17.4 Å². The van der Waals surface area contributed by atoms with E-state index in [1.807, 2.05) is 0 Å². The predicted molar refractivity (Wildman–Crippen MR) is 98.5 cm³/mol. The maximum Gasteiger partial charge on any atom is 0.349 e. The number of para-hydroxylation sites is 1. The lowest BCUT2D eigenvalue weighted by atomic mass is 10.1. The van der Waals surface area contributed by atoms with Gasteiger partial charge in [0.05, 0.1) is 25.5 Å². The average molecular weight is 368 g/mol. The van der Waals surface area contributed by atoms with E-state index in [4.69, 9.17) is 19.6 Å². The van der Waals surface area contributed by atoms with Gasteiger partial charge in [-0.25, -0.2) is 4.79 Å². The van der Waals surface area contributed by atoms with Crippen LogP contribution in [0.4, 0.5) is 5.69 Å². The quantitative estimate of drug-likeness (QED) is 0.666. The second-order valence-corrected chi connectivity index (χ2v) is 5.56. The largest absolute Gasteiger partial charge is 0.493 e. The van der Waals surface area contributed by atoms with Gasteiger partial charge in [0.2, 0.25) is 0 Å². The minimum atomic E-state index is -0.830. The van der Waals surface area contributed by atoms with Crippen LogP contribution in [0.3, 0.4) is 0 Å². The molecule has 3 aromatic rings. The van der Waals surface area contributed by atoms with Crippen molar-refractivity contribution in [1.29, 1.82) is 0 Å². The van der Waals surface area contributed by atoms with Crippen molar-refractivity contribution in [1.82, 2.24) is 0 Å². The highest BCUT2D eigenvalue weighted by Gasteiger charge is 2.18. The molecule has 0 spiro atoms. The molecule has 1 aromatic heterocycles. The molecule has 1 heterocycles. The molecule has 8 nitrogen and oxygen atoms in total. The van der Waals surface area contributed by atoms with Gasteiger partial charge in [0.1, 0.15) is 11.1 Å². The van der Waals surface area contributed by atoms with E-state index in [1.165, 1.54) is 38.5 Å². The minimum Gasteiger partial charge on any atom is -0.493 e. The molecule has 0 aliphatic carbocycles. The minimum absolute atomic E-state index is 0.127. The molecule has 0 saturated heterocycles. The third-order valence-electron chi connectivity index (χ3n) is 3.92. The van der Waals surface area contributed by atoms with Gasteiger partial charge in [-0.3, -0.25) is 9.59 Å². The number of fused-ring (bicyclic) bond motifs is 1. The first-order valence-electron chi connectivity index (χ1n) is 7.84. The zero-order valence-electron chi connectivity index (χ0n) is 14.6. The van der Waals surface area contributed by atoms with Crippen molar-refractivity contribution in [3.05, 3.63) is 64.0 Å². The Balaban J connectivity index is 2.04. The Morgan fingerprint density at radius 1 is 1.00 bits per heavy atom. The molecule has 2 aromatic carbocycles. The van der Waals surface area contributed by atoms with Crippen LogP contribution in [-0.2, 0) is 0 Å². The lowest BCUT2D eigenvalue weighted by Gasteiger charge is -2.10. The molecular formula is C19H16N2O6. The molecule has 0 atom stereocenters. The molecule has 0 radical (unpaired) electrons. The molecule has 0 bridgehead atoms. The normalized spacial score (nSPS) is 10.4. The van der Waals surface area contributed by atoms with Crippen molar-refractivity contribution in [2.45, 2.75) is 0 Å². The first kappa shape index (κ1) is 18.0. The standard InChI is InChI=1S/C19H16N2O6/c1-25-15-8-10-7-12(19(24)27-14(10)9-16(15)26-2)18(23)21-13-6-4-3-5-11(13)17(20)22/h3-9H,1-2H3,(H2,20,22)(H,21,23). The summed E-state index contributed by atoms with van der Waals surface area (Å²) in [6.07, 6.45) is 0. The SMILES string of the molecule is COc1cc2cc(C(=O)Nc3ccccc3C(N)=O)c(=O)oc2cc1OC. The maximum atomic E-state index is 12.6. The Morgan fingerprint density at radius 2 is 1.67 bits per heavy atom. The number of carbonyl (C=O) groups is 2. The predicted octanol–water partition coefficient (Wildman–Crippen LogP) is 2.16. The van der Waals surface area contributed by atoms with Crippen molar-refractivity contribution in [3.63, 3.8) is 0 Å².